The van der Waals surface area contributed by atoms with Crippen LogP contribution >= 0.6 is 11.8 Å². The highest BCUT2D eigenvalue weighted by Crippen LogP contribution is 2.44. The average molecular weight is 305 g/mol. The molecule has 1 unspecified atom stereocenters. The number of hydrogen-bond acceptors (Lipinski definition) is 2. The molecule has 1 aliphatic rings. The molecule has 0 spiro atoms. The zero-order valence-corrected chi connectivity index (χ0v) is 13.0. The van der Waals surface area contributed by atoms with E-state index in [1.807, 2.05) is 53.2 Å². The minimum atomic E-state index is -0.196. The lowest BCUT2D eigenvalue weighted by Crippen LogP contribution is -2.11. The van der Waals surface area contributed by atoms with Crippen molar-refractivity contribution in [2.45, 2.75) is 17.1 Å². The summed E-state index contributed by atoms with van der Waals surface area (Å²) in [5.74, 6) is 0.164. The number of carbonyl (C=O) groups is 1. The van der Waals surface area contributed by atoms with E-state index >= 15 is 0 Å². The monoisotopic (exact) mass is 305 g/mol. The molecule has 2 heterocycles. The second-order valence-electron chi connectivity index (χ2n) is 5.46. The fourth-order valence-electron chi connectivity index (χ4n) is 2.97. The van der Waals surface area contributed by atoms with Gasteiger partial charge >= 0.3 is 0 Å². The van der Waals surface area contributed by atoms with Crippen LogP contribution in [0.5, 0.6) is 0 Å². The van der Waals surface area contributed by atoms with Crippen LogP contribution in [0.3, 0.4) is 0 Å². The van der Waals surface area contributed by atoms with Gasteiger partial charge in [0.05, 0.1) is 16.6 Å². The highest BCUT2D eigenvalue weighted by molar-refractivity contribution is 8.00. The van der Waals surface area contributed by atoms with Crippen molar-refractivity contribution in [1.29, 1.82) is 0 Å². The Kier molecular flexibility index (Phi) is 3.16. The van der Waals surface area contributed by atoms with Crippen LogP contribution in [0.1, 0.15) is 26.9 Å². The van der Waals surface area contributed by atoms with Crippen LogP contribution in [0.15, 0.2) is 71.8 Å². The van der Waals surface area contributed by atoms with Crippen LogP contribution < -0.4 is 0 Å². The van der Waals surface area contributed by atoms with Gasteiger partial charge in [-0.1, -0.05) is 42.5 Å². The van der Waals surface area contributed by atoms with E-state index in [0.29, 0.717) is 0 Å². The molecule has 108 valence electrons. The first-order valence-electron chi connectivity index (χ1n) is 7.29. The van der Waals surface area contributed by atoms with Gasteiger partial charge in [-0.25, -0.2) is 0 Å². The number of ketones is 1. The molecule has 22 heavy (non-hydrogen) atoms. The van der Waals surface area contributed by atoms with E-state index in [2.05, 4.69) is 25.1 Å². The molecule has 3 heteroatoms. The van der Waals surface area contributed by atoms with Gasteiger partial charge in [-0.05, 0) is 36.2 Å². The van der Waals surface area contributed by atoms with E-state index < -0.39 is 0 Å². The summed E-state index contributed by atoms with van der Waals surface area (Å²) in [7, 11) is 0. The molecule has 1 aliphatic heterocycles. The lowest BCUT2D eigenvalue weighted by molar-refractivity contribution is 0.0984. The number of aryl methyl sites for hydroxylation is 1. The van der Waals surface area contributed by atoms with E-state index in [-0.39, 0.29) is 11.0 Å². The third kappa shape index (κ3) is 2.01. The van der Waals surface area contributed by atoms with Gasteiger partial charge in [-0.15, -0.1) is 11.8 Å². The molecule has 0 fully saturated rings. The number of Topliss-reactive ketones (excluding diaryl/α,β-unsaturated/α-hetero) is 1. The number of rotatable bonds is 1. The molecular formula is C19H15NOS. The van der Waals surface area contributed by atoms with Crippen molar-refractivity contribution < 1.29 is 4.79 Å². The normalized spacial score (nSPS) is 16.8. The molecule has 1 atom stereocenters. The molecule has 0 amide bonds. The largest absolute Gasteiger partial charge is 0.313 e. The van der Waals surface area contributed by atoms with Crippen molar-refractivity contribution in [2.75, 3.05) is 0 Å². The van der Waals surface area contributed by atoms with Gasteiger partial charge < -0.3 is 4.57 Å². The molecule has 0 N–H and O–H groups in total. The molecule has 2 aromatic carbocycles. The number of carbonyl (C=O) groups excluding carboxylic acids is 1. The third-order valence-corrected chi connectivity index (χ3v) is 5.33. The number of aromatic nitrogens is 1. The zero-order chi connectivity index (χ0) is 15.1. The van der Waals surface area contributed by atoms with E-state index in [9.17, 15) is 4.79 Å². The minimum absolute atomic E-state index is 0.164. The Morgan fingerprint density at radius 2 is 1.77 bits per heavy atom. The maximum Gasteiger partial charge on any atom is 0.197 e. The predicted octanol–water partition coefficient (Wildman–Crippen LogP) is 4.82. The number of hydrogen-bond donors (Lipinski definition) is 0. The highest BCUT2D eigenvalue weighted by atomic mass is 32.2. The van der Waals surface area contributed by atoms with Crippen molar-refractivity contribution in [2.24, 2.45) is 0 Å². The summed E-state index contributed by atoms with van der Waals surface area (Å²) in [6.07, 6.45) is 1.98. The average Bonchev–Trinajstić information content (AvgIpc) is 2.98. The van der Waals surface area contributed by atoms with Gasteiger partial charge in [0.25, 0.3) is 0 Å². The van der Waals surface area contributed by atoms with Gasteiger partial charge in [0.15, 0.2) is 5.78 Å². The van der Waals surface area contributed by atoms with Crippen molar-refractivity contribution in [3.63, 3.8) is 0 Å². The van der Waals surface area contributed by atoms with Gasteiger partial charge in [0, 0.05) is 11.1 Å². The Labute approximate surface area is 133 Å². The molecule has 0 saturated heterocycles. The second kappa shape index (κ2) is 5.18. The number of nitrogens with zero attached hydrogens (tertiary/aromatic N) is 1. The first-order valence-corrected chi connectivity index (χ1v) is 8.17. The Balaban J connectivity index is 1.96. The first kappa shape index (κ1) is 13.4. The van der Waals surface area contributed by atoms with Crippen LogP contribution in [0, 0.1) is 6.92 Å². The van der Waals surface area contributed by atoms with E-state index in [0.717, 1.165) is 21.8 Å². The van der Waals surface area contributed by atoms with Gasteiger partial charge in [0.1, 0.15) is 0 Å². The van der Waals surface area contributed by atoms with Crippen LogP contribution in [0.2, 0.25) is 0 Å². The number of benzene rings is 2. The lowest BCUT2D eigenvalue weighted by atomic mass is 10.1. The Bertz CT molecular complexity index is 851. The van der Waals surface area contributed by atoms with Crippen LogP contribution in [0.25, 0.3) is 5.69 Å². The quantitative estimate of drug-likeness (QED) is 0.643. The Morgan fingerprint density at radius 3 is 2.59 bits per heavy atom. The molecule has 0 bridgehead atoms. The predicted molar refractivity (Wildman–Crippen MR) is 89.9 cm³/mol. The molecule has 1 aromatic heterocycles. The number of fused-ring (bicyclic) bond motifs is 3. The number of thioether (sulfide) groups is 1. The Hall–Kier alpha value is -2.26. The second-order valence-corrected chi connectivity index (χ2v) is 6.60. The van der Waals surface area contributed by atoms with Crippen molar-refractivity contribution in [3.05, 3.63) is 83.7 Å². The molecule has 3 aromatic rings. The summed E-state index contributed by atoms with van der Waals surface area (Å²) in [5, 5.41) is -0.196. The van der Waals surface area contributed by atoms with Crippen LogP contribution in [-0.2, 0) is 0 Å². The van der Waals surface area contributed by atoms with Crippen LogP contribution in [0.4, 0.5) is 0 Å². The molecule has 4 rings (SSSR count). The van der Waals surface area contributed by atoms with Crippen LogP contribution in [-0.4, -0.2) is 10.4 Å². The smallest absolute Gasteiger partial charge is 0.197 e. The van der Waals surface area contributed by atoms with Gasteiger partial charge in [0.2, 0.25) is 0 Å². The fraction of sp³-hybridized carbons (Fsp3) is 0.105. The van der Waals surface area contributed by atoms with E-state index in [1.165, 1.54) is 5.56 Å². The third-order valence-electron chi connectivity index (χ3n) is 4.03. The molecule has 2 nitrogen and oxygen atoms in total. The summed E-state index contributed by atoms with van der Waals surface area (Å²) in [4.78, 5) is 14.2. The molecule has 0 radical (unpaired) electrons. The highest BCUT2D eigenvalue weighted by Gasteiger charge is 2.30. The maximum atomic E-state index is 13.0. The summed E-state index contributed by atoms with van der Waals surface area (Å²) in [5.41, 5.74) is 4.12. The summed E-state index contributed by atoms with van der Waals surface area (Å²) in [6, 6.07) is 20.1. The van der Waals surface area contributed by atoms with Crippen molar-refractivity contribution in [3.8, 4) is 5.69 Å². The SMILES string of the molecule is Cc1cccc2c1-n1cccc1C(=O)C(c1ccccc1)S2. The molecular weight excluding hydrogens is 290 g/mol. The van der Waals surface area contributed by atoms with Gasteiger partial charge in [-0.3, -0.25) is 4.79 Å². The standard InChI is InChI=1S/C19H15NOS/c1-13-7-5-11-16-17(13)20-12-6-10-15(20)18(21)19(22-16)14-8-3-2-4-9-14/h2-12,19H,1H3. The molecule has 0 saturated carbocycles. The Morgan fingerprint density at radius 1 is 0.955 bits per heavy atom. The first-order chi connectivity index (χ1) is 10.8. The van der Waals surface area contributed by atoms with E-state index in [4.69, 9.17) is 0 Å². The lowest BCUT2D eigenvalue weighted by Gasteiger charge is -2.14. The number of para-hydroxylation sites is 1. The zero-order valence-electron chi connectivity index (χ0n) is 12.2. The fourth-order valence-corrected chi connectivity index (χ4v) is 4.28. The van der Waals surface area contributed by atoms with Crippen molar-refractivity contribution >= 4 is 17.5 Å². The summed E-state index contributed by atoms with van der Waals surface area (Å²) in [6.45, 7) is 2.09. The summed E-state index contributed by atoms with van der Waals surface area (Å²) >= 11 is 1.64. The maximum absolute atomic E-state index is 13.0. The summed E-state index contributed by atoms with van der Waals surface area (Å²) < 4.78 is 2.03. The topological polar surface area (TPSA) is 22.0 Å². The van der Waals surface area contributed by atoms with E-state index in [1.54, 1.807) is 11.8 Å². The molecule has 0 aliphatic carbocycles. The van der Waals surface area contributed by atoms with Crippen molar-refractivity contribution in [1.82, 2.24) is 4.57 Å². The minimum Gasteiger partial charge on any atom is -0.313 e. The van der Waals surface area contributed by atoms with Gasteiger partial charge in [-0.2, -0.15) is 0 Å².